The van der Waals surface area contributed by atoms with Crippen LogP contribution in [0.25, 0.3) is 20.8 Å². The normalized spacial score (nSPS) is 23.7. The Morgan fingerprint density at radius 1 is 1.10 bits per heavy atom. The zero-order valence-corrected chi connectivity index (χ0v) is 23.5. The van der Waals surface area contributed by atoms with E-state index >= 15 is 0 Å². The van der Waals surface area contributed by atoms with E-state index in [1.54, 1.807) is 6.92 Å². The lowest BCUT2D eigenvalue weighted by Gasteiger charge is -2.25. The molecule has 0 amide bonds. The van der Waals surface area contributed by atoms with E-state index in [0.717, 1.165) is 29.3 Å². The highest BCUT2D eigenvalue weighted by molar-refractivity contribution is 7.88. The van der Waals surface area contributed by atoms with Gasteiger partial charge in [0.2, 0.25) is 16.0 Å². The molecule has 4 atom stereocenters. The van der Waals surface area contributed by atoms with Gasteiger partial charge in [-0.25, -0.2) is 22.7 Å². The van der Waals surface area contributed by atoms with Crippen molar-refractivity contribution in [3.8, 4) is 10.6 Å². The lowest BCUT2D eigenvalue weighted by atomic mass is 10.1. The molecule has 0 bridgehead atoms. The Balaban J connectivity index is 1.44. The molecule has 2 heterocycles. The molecule has 2 aliphatic rings. The zero-order valence-electron chi connectivity index (χ0n) is 21.9. The predicted molar refractivity (Wildman–Crippen MR) is 147 cm³/mol. The summed E-state index contributed by atoms with van der Waals surface area (Å²) in [6.45, 7) is 0.730. The molecule has 2 fully saturated rings. The van der Waals surface area contributed by atoms with Crippen LogP contribution in [0, 0.1) is 18.8 Å². The van der Waals surface area contributed by atoms with E-state index in [1.807, 2.05) is 24.3 Å². The number of aliphatic hydroxyl groups is 2. The van der Waals surface area contributed by atoms with Crippen molar-refractivity contribution in [2.24, 2.45) is 11.8 Å². The molecule has 218 valence electrons. The number of benzene rings is 1. The fourth-order valence-electron chi connectivity index (χ4n) is 4.99. The number of aliphatic hydroxyl groups excluding tert-OH is 2. The number of aryl methyl sites for hydroxylation is 1. The zero-order chi connectivity index (χ0) is 28.8. The Bertz CT molecular complexity index is 1450. The van der Waals surface area contributed by atoms with Crippen molar-refractivity contribution in [2.45, 2.75) is 50.6 Å². The van der Waals surface area contributed by atoms with E-state index in [9.17, 15) is 31.8 Å². The summed E-state index contributed by atoms with van der Waals surface area (Å²) in [4.78, 5) is 13.2. The molecule has 0 saturated heterocycles. The van der Waals surface area contributed by atoms with Crippen LogP contribution in [0.15, 0.2) is 24.3 Å². The Morgan fingerprint density at radius 2 is 1.82 bits per heavy atom. The van der Waals surface area contributed by atoms with E-state index in [4.69, 9.17) is 0 Å². The number of sulfonamides is 1. The number of aromatic nitrogens is 3. The van der Waals surface area contributed by atoms with E-state index in [2.05, 4.69) is 25.6 Å². The fraction of sp³-hybridized carbons (Fsp3) is 0.560. The Kier molecular flexibility index (Phi) is 7.96. The highest BCUT2D eigenvalue weighted by atomic mass is 32.2. The van der Waals surface area contributed by atoms with Crippen LogP contribution in [-0.4, -0.2) is 88.2 Å². The van der Waals surface area contributed by atoms with Crippen molar-refractivity contribution in [1.29, 1.82) is 0 Å². The summed E-state index contributed by atoms with van der Waals surface area (Å²) in [6.07, 6.45) is -3.70. The smallest absolute Gasteiger partial charge is 0.390 e. The number of thiazole rings is 1. The van der Waals surface area contributed by atoms with Crippen molar-refractivity contribution in [1.82, 2.24) is 19.3 Å². The van der Waals surface area contributed by atoms with Gasteiger partial charge in [-0.3, -0.25) is 0 Å². The molecule has 4 unspecified atom stereocenters. The van der Waals surface area contributed by atoms with Crippen molar-refractivity contribution in [3.63, 3.8) is 0 Å². The van der Waals surface area contributed by atoms with Crippen molar-refractivity contribution < 1.29 is 31.8 Å². The second-order valence-corrected chi connectivity index (χ2v) is 13.6. The number of nitrogens with zero attached hydrogens (tertiary/aromatic N) is 4. The van der Waals surface area contributed by atoms with Gasteiger partial charge in [-0.05, 0) is 44.2 Å². The molecule has 0 aliphatic heterocycles. The first-order chi connectivity index (χ1) is 18.8. The lowest BCUT2D eigenvalue weighted by Crippen LogP contribution is -2.40. The molecular formula is C25H31F3N6O4S2. The van der Waals surface area contributed by atoms with Crippen LogP contribution in [-0.2, 0) is 10.0 Å². The van der Waals surface area contributed by atoms with E-state index in [0.29, 0.717) is 28.7 Å². The van der Waals surface area contributed by atoms with Gasteiger partial charge in [0.05, 0.1) is 39.9 Å². The summed E-state index contributed by atoms with van der Waals surface area (Å²) >= 11 is 1.37. The Hall–Kier alpha value is -2.59. The summed E-state index contributed by atoms with van der Waals surface area (Å²) in [7, 11) is -3.52. The van der Waals surface area contributed by atoms with Crippen LogP contribution in [0.2, 0.25) is 0 Å². The summed E-state index contributed by atoms with van der Waals surface area (Å²) in [5.74, 6) is -0.349. The molecule has 2 aromatic heterocycles. The average molecular weight is 601 g/mol. The number of alkyl halides is 3. The van der Waals surface area contributed by atoms with Gasteiger partial charge >= 0.3 is 6.18 Å². The molecule has 0 radical (unpaired) electrons. The quantitative estimate of drug-likeness (QED) is 0.276. The standard InChI is InChI=1S/C25H31F3N6O4S2/c1-13-19(23-32-16-5-3-4-6-18(16)39-23)22(33-24(30-13)29-12-25(26,27)28)31-17-9-15(20(35)21(17)36)11-34(40(2,37)38)10-14-7-8-14/h3-6,14-15,17,20-21,35-36H,7-12H2,1-2H3,(H2,29,30,31,33). The number of para-hydroxylation sites is 1. The van der Waals surface area contributed by atoms with E-state index in [-0.39, 0.29) is 24.7 Å². The molecule has 1 aromatic carbocycles. The topological polar surface area (TPSA) is 141 Å². The third-order valence-corrected chi connectivity index (χ3v) is 9.52. The minimum Gasteiger partial charge on any atom is -0.390 e. The van der Waals surface area contributed by atoms with Gasteiger partial charge in [0.15, 0.2) is 0 Å². The summed E-state index contributed by atoms with van der Waals surface area (Å²) in [6, 6.07) is 6.71. The van der Waals surface area contributed by atoms with Gasteiger partial charge in [-0.15, -0.1) is 11.3 Å². The van der Waals surface area contributed by atoms with E-state index < -0.39 is 46.9 Å². The molecule has 10 nitrogen and oxygen atoms in total. The number of nitrogens with one attached hydrogen (secondary N) is 2. The molecule has 2 saturated carbocycles. The first kappa shape index (κ1) is 28.9. The number of hydrogen-bond acceptors (Lipinski definition) is 10. The number of fused-ring (bicyclic) bond motifs is 1. The van der Waals surface area contributed by atoms with Crippen LogP contribution < -0.4 is 10.6 Å². The van der Waals surface area contributed by atoms with Crippen LogP contribution in [0.4, 0.5) is 24.9 Å². The summed E-state index contributed by atoms with van der Waals surface area (Å²) < 4.78 is 65.7. The molecule has 4 N–H and O–H groups in total. The number of hydrogen-bond donors (Lipinski definition) is 4. The first-order valence-electron chi connectivity index (χ1n) is 12.9. The third-order valence-electron chi connectivity index (χ3n) is 7.23. The fourth-order valence-corrected chi connectivity index (χ4v) is 7.00. The minimum absolute atomic E-state index is 0.0532. The van der Waals surface area contributed by atoms with Gasteiger partial charge in [0, 0.05) is 19.0 Å². The van der Waals surface area contributed by atoms with Gasteiger partial charge < -0.3 is 20.8 Å². The lowest BCUT2D eigenvalue weighted by molar-refractivity contribution is -0.115. The van der Waals surface area contributed by atoms with Gasteiger partial charge in [-0.1, -0.05) is 12.1 Å². The first-order valence-corrected chi connectivity index (χ1v) is 15.6. The molecule has 3 aromatic rings. The Morgan fingerprint density at radius 3 is 2.48 bits per heavy atom. The van der Waals surface area contributed by atoms with Crippen LogP contribution in [0.1, 0.15) is 25.0 Å². The van der Waals surface area contributed by atoms with Gasteiger partial charge in [0.25, 0.3) is 0 Å². The SMILES string of the molecule is Cc1nc(NCC(F)(F)F)nc(NC2CC(CN(CC3CC3)S(C)(=O)=O)C(O)C2O)c1-c1nc2ccccc2s1. The maximum absolute atomic E-state index is 12.9. The van der Waals surface area contributed by atoms with Crippen molar-refractivity contribution >= 4 is 43.3 Å². The molecule has 2 aliphatic carbocycles. The summed E-state index contributed by atoms with van der Waals surface area (Å²) in [5, 5.41) is 27.6. The molecule has 40 heavy (non-hydrogen) atoms. The number of anilines is 2. The summed E-state index contributed by atoms with van der Waals surface area (Å²) in [5.41, 5.74) is 1.58. The number of rotatable bonds is 10. The average Bonchev–Trinajstić information content (AvgIpc) is 3.52. The Labute approximate surface area is 233 Å². The maximum atomic E-state index is 12.9. The molecule has 0 spiro atoms. The monoisotopic (exact) mass is 600 g/mol. The largest absolute Gasteiger partial charge is 0.405 e. The highest BCUT2D eigenvalue weighted by Gasteiger charge is 2.44. The van der Waals surface area contributed by atoms with Crippen LogP contribution >= 0.6 is 11.3 Å². The van der Waals surface area contributed by atoms with Crippen LogP contribution in [0.5, 0.6) is 0 Å². The highest BCUT2D eigenvalue weighted by Crippen LogP contribution is 2.39. The molecular weight excluding hydrogens is 569 g/mol. The van der Waals surface area contributed by atoms with Crippen molar-refractivity contribution in [2.75, 3.05) is 36.5 Å². The maximum Gasteiger partial charge on any atom is 0.405 e. The minimum atomic E-state index is -4.48. The third kappa shape index (κ3) is 6.65. The second kappa shape index (κ2) is 11.0. The van der Waals surface area contributed by atoms with Crippen molar-refractivity contribution in [3.05, 3.63) is 30.0 Å². The van der Waals surface area contributed by atoms with Gasteiger partial charge in [0.1, 0.15) is 23.5 Å². The molecule has 5 rings (SSSR count). The number of halogens is 3. The second-order valence-electron chi connectivity index (χ2n) is 10.6. The van der Waals surface area contributed by atoms with Gasteiger partial charge in [-0.2, -0.15) is 18.2 Å². The molecule has 15 heteroatoms. The van der Waals surface area contributed by atoms with Crippen LogP contribution in [0.3, 0.4) is 0 Å². The predicted octanol–water partition coefficient (Wildman–Crippen LogP) is 3.23. The van der Waals surface area contributed by atoms with E-state index in [1.165, 1.54) is 15.6 Å².